The third-order valence-electron chi connectivity index (χ3n) is 4.09. The number of hydrogen-bond donors (Lipinski definition) is 1. The van der Waals surface area contributed by atoms with E-state index in [1.54, 1.807) is 19.1 Å². The number of sulfonamides is 1. The standard InChI is InChI=1S/C18H21FN2O5S/c1-18(10-9-15(21-18)16(22)7-8-17(23)26-2)11-12-20-27(24,25)14-5-3-13(19)4-6-14/h3-6,9-10,20H,7-8,11-12H2,1-2H3. The number of nitrogens with one attached hydrogen (secondary N) is 1. The van der Waals surface area contributed by atoms with E-state index in [4.69, 9.17) is 0 Å². The molecule has 1 N–H and O–H groups in total. The van der Waals surface area contributed by atoms with Gasteiger partial charge in [-0.1, -0.05) is 6.08 Å². The Balaban J connectivity index is 1.91. The lowest BCUT2D eigenvalue weighted by atomic mass is 10.0. The zero-order valence-corrected chi connectivity index (χ0v) is 15.9. The van der Waals surface area contributed by atoms with E-state index in [1.807, 2.05) is 0 Å². The summed E-state index contributed by atoms with van der Waals surface area (Å²) in [4.78, 5) is 27.5. The van der Waals surface area contributed by atoms with Crippen molar-refractivity contribution in [3.63, 3.8) is 0 Å². The fraction of sp³-hybridized carbons (Fsp3) is 0.389. The topological polar surface area (TPSA) is 102 Å². The van der Waals surface area contributed by atoms with E-state index in [1.165, 1.54) is 19.2 Å². The first kappa shape index (κ1) is 20.9. The van der Waals surface area contributed by atoms with Gasteiger partial charge in [-0.25, -0.2) is 17.5 Å². The molecule has 0 bridgehead atoms. The minimum Gasteiger partial charge on any atom is -0.469 e. The normalized spacial score (nSPS) is 19.0. The second-order valence-electron chi connectivity index (χ2n) is 6.29. The maximum absolute atomic E-state index is 12.9. The van der Waals surface area contributed by atoms with Crippen LogP contribution in [0, 0.1) is 5.82 Å². The highest BCUT2D eigenvalue weighted by Gasteiger charge is 2.28. The number of halogens is 1. The highest BCUT2D eigenvalue weighted by Crippen LogP contribution is 2.23. The lowest BCUT2D eigenvalue weighted by Gasteiger charge is -2.18. The molecule has 0 saturated carbocycles. The Morgan fingerprint density at radius 3 is 2.52 bits per heavy atom. The van der Waals surface area contributed by atoms with Crippen LogP contribution in [0.3, 0.4) is 0 Å². The average Bonchev–Trinajstić information content (AvgIpc) is 3.02. The van der Waals surface area contributed by atoms with E-state index < -0.39 is 27.3 Å². The van der Waals surface area contributed by atoms with E-state index in [9.17, 15) is 22.4 Å². The minimum absolute atomic E-state index is 0.00310. The fourth-order valence-corrected chi connectivity index (χ4v) is 3.52. The molecule has 1 atom stereocenters. The number of methoxy groups -OCH3 is 1. The van der Waals surface area contributed by atoms with Gasteiger partial charge < -0.3 is 4.74 Å². The minimum atomic E-state index is -3.75. The number of hydrogen-bond acceptors (Lipinski definition) is 6. The van der Waals surface area contributed by atoms with E-state index in [0.29, 0.717) is 6.42 Å². The number of nitrogens with zero attached hydrogens (tertiary/aromatic N) is 1. The number of esters is 1. The maximum atomic E-state index is 12.9. The number of benzene rings is 1. The van der Waals surface area contributed by atoms with Crippen LogP contribution >= 0.6 is 0 Å². The van der Waals surface area contributed by atoms with Crippen molar-refractivity contribution in [3.8, 4) is 0 Å². The first-order valence-corrected chi connectivity index (χ1v) is 9.78. The van der Waals surface area contributed by atoms with Crippen molar-refractivity contribution >= 4 is 27.5 Å². The summed E-state index contributed by atoms with van der Waals surface area (Å²) in [7, 11) is -2.50. The van der Waals surface area contributed by atoms with Crippen LogP contribution in [0.1, 0.15) is 26.2 Å². The van der Waals surface area contributed by atoms with Gasteiger partial charge in [0.05, 0.1) is 24.0 Å². The number of carbonyl (C=O) groups excluding carboxylic acids is 2. The molecular weight excluding hydrogens is 375 g/mol. The van der Waals surface area contributed by atoms with Crippen molar-refractivity contribution in [2.45, 2.75) is 36.6 Å². The quantitative estimate of drug-likeness (QED) is 0.641. The van der Waals surface area contributed by atoms with Crippen LogP contribution in [-0.4, -0.2) is 45.1 Å². The molecule has 1 aliphatic rings. The van der Waals surface area contributed by atoms with Crippen LogP contribution in [0.15, 0.2) is 46.3 Å². The average molecular weight is 396 g/mol. The van der Waals surface area contributed by atoms with Crippen molar-refractivity contribution in [1.82, 2.24) is 4.72 Å². The van der Waals surface area contributed by atoms with Gasteiger partial charge in [-0.3, -0.25) is 14.6 Å². The van der Waals surface area contributed by atoms with Crippen LogP contribution in [-0.2, 0) is 24.3 Å². The molecule has 0 fully saturated rings. The SMILES string of the molecule is COC(=O)CCC(=O)C1=NC(C)(CCNS(=O)(=O)c2ccc(F)cc2)C=C1. The molecular formula is C18H21FN2O5S. The van der Waals surface area contributed by atoms with Crippen LogP contribution in [0.5, 0.6) is 0 Å². The highest BCUT2D eigenvalue weighted by atomic mass is 32.2. The zero-order chi connectivity index (χ0) is 20.1. The lowest BCUT2D eigenvalue weighted by molar-refractivity contribution is -0.141. The summed E-state index contributed by atoms with van der Waals surface area (Å²) in [5.74, 6) is -1.26. The van der Waals surface area contributed by atoms with Gasteiger partial charge >= 0.3 is 5.97 Å². The van der Waals surface area contributed by atoms with Crippen LogP contribution in [0.2, 0.25) is 0 Å². The highest BCUT2D eigenvalue weighted by molar-refractivity contribution is 7.89. The molecule has 7 nitrogen and oxygen atoms in total. The first-order chi connectivity index (χ1) is 12.6. The molecule has 2 rings (SSSR count). The molecule has 1 heterocycles. The van der Waals surface area contributed by atoms with Gasteiger partial charge in [0.25, 0.3) is 0 Å². The molecule has 146 valence electrons. The zero-order valence-electron chi connectivity index (χ0n) is 15.1. The van der Waals surface area contributed by atoms with E-state index in [0.717, 1.165) is 12.1 Å². The van der Waals surface area contributed by atoms with E-state index in [2.05, 4.69) is 14.5 Å². The number of allylic oxidation sites excluding steroid dienone is 1. The molecule has 0 saturated heterocycles. The number of ketones is 1. The van der Waals surface area contributed by atoms with Gasteiger partial charge in [-0.15, -0.1) is 0 Å². The molecule has 0 amide bonds. The summed E-state index contributed by atoms with van der Waals surface area (Å²) in [6.07, 6.45) is 3.62. The van der Waals surface area contributed by atoms with Gasteiger partial charge in [0.2, 0.25) is 10.0 Å². The summed E-state index contributed by atoms with van der Waals surface area (Å²) >= 11 is 0. The number of rotatable bonds is 9. The molecule has 0 aromatic heterocycles. The Kier molecular flexibility index (Phi) is 6.61. The molecule has 1 aliphatic heterocycles. The number of aliphatic imine (C=N–C) groups is 1. The summed E-state index contributed by atoms with van der Waals surface area (Å²) in [6.45, 7) is 1.87. The van der Waals surface area contributed by atoms with Crippen molar-refractivity contribution < 1.29 is 27.1 Å². The maximum Gasteiger partial charge on any atom is 0.305 e. The van der Waals surface area contributed by atoms with Crippen molar-refractivity contribution in [2.24, 2.45) is 4.99 Å². The Morgan fingerprint density at radius 1 is 1.22 bits per heavy atom. The van der Waals surface area contributed by atoms with E-state index >= 15 is 0 Å². The molecule has 1 aromatic carbocycles. The summed E-state index contributed by atoms with van der Waals surface area (Å²) < 4.78 is 44.2. The molecule has 0 spiro atoms. The number of ether oxygens (including phenoxy) is 1. The predicted molar refractivity (Wildman–Crippen MR) is 97.4 cm³/mol. The van der Waals surface area contributed by atoms with Gasteiger partial charge in [-0.2, -0.15) is 0 Å². The van der Waals surface area contributed by atoms with E-state index in [-0.39, 0.29) is 35.8 Å². The predicted octanol–water partition coefficient (Wildman–Crippen LogP) is 1.79. The van der Waals surface area contributed by atoms with Gasteiger partial charge in [0.1, 0.15) is 11.5 Å². The fourth-order valence-electron chi connectivity index (χ4n) is 2.48. The van der Waals surface area contributed by atoms with Crippen LogP contribution in [0.25, 0.3) is 0 Å². The Hall–Kier alpha value is -2.39. The van der Waals surface area contributed by atoms with Crippen LogP contribution < -0.4 is 4.72 Å². The number of carbonyl (C=O) groups is 2. The molecule has 1 unspecified atom stereocenters. The van der Waals surface area contributed by atoms with Crippen molar-refractivity contribution in [2.75, 3.05) is 13.7 Å². The molecule has 1 aromatic rings. The van der Waals surface area contributed by atoms with Crippen molar-refractivity contribution in [3.05, 3.63) is 42.2 Å². The van der Waals surface area contributed by atoms with Gasteiger partial charge in [0.15, 0.2) is 5.78 Å². The lowest BCUT2D eigenvalue weighted by Crippen LogP contribution is -2.30. The third kappa shape index (κ3) is 5.80. The Bertz CT molecular complexity index is 878. The smallest absolute Gasteiger partial charge is 0.305 e. The molecule has 9 heteroatoms. The molecule has 0 radical (unpaired) electrons. The second kappa shape index (κ2) is 8.53. The summed E-state index contributed by atoms with van der Waals surface area (Å²) in [5, 5.41) is 0. The Labute approximate surface area is 157 Å². The second-order valence-corrected chi connectivity index (χ2v) is 8.06. The summed E-state index contributed by atoms with van der Waals surface area (Å²) in [5.41, 5.74) is -0.468. The van der Waals surface area contributed by atoms with Gasteiger partial charge in [0, 0.05) is 13.0 Å². The summed E-state index contributed by atoms with van der Waals surface area (Å²) in [6, 6.07) is 4.52. The molecule has 27 heavy (non-hydrogen) atoms. The third-order valence-corrected chi connectivity index (χ3v) is 5.57. The van der Waals surface area contributed by atoms with Gasteiger partial charge in [-0.05, 0) is 43.7 Å². The Morgan fingerprint density at radius 2 is 1.89 bits per heavy atom. The molecule has 0 aliphatic carbocycles. The largest absolute Gasteiger partial charge is 0.469 e. The van der Waals surface area contributed by atoms with Crippen LogP contribution in [0.4, 0.5) is 4.39 Å². The number of Topliss-reactive ketones (excluding diaryl/α,β-unsaturated/α-hetero) is 1. The first-order valence-electron chi connectivity index (χ1n) is 8.29. The van der Waals surface area contributed by atoms with Crippen molar-refractivity contribution in [1.29, 1.82) is 0 Å². The monoisotopic (exact) mass is 396 g/mol.